The van der Waals surface area contributed by atoms with Crippen molar-refractivity contribution in [1.29, 1.82) is 0 Å². The Hall–Kier alpha value is -3.77. The summed E-state index contributed by atoms with van der Waals surface area (Å²) in [4.78, 5) is 19.0. The van der Waals surface area contributed by atoms with E-state index >= 15 is 0 Å². The van der Waals surface area contributed by atoms with Gasteiger partial charge in [-0.1, -0.05) is 60.4 Å². The molecule has 42 heavy (non-hydrogen) atoms. The second kappa shape index (κ2) is 13.0. The van der Waals surface area contributed by atoms with Crippen LogP contribution in [0, 0.1) is 0 Å². The van der Waals surface area contributed by atoms with E-state index in [9.17, 15) is 22.9 Å². The molecule has 1 aliphatic heterocycles. The van der Waals surface area contributed by atoms with Crippen molar-refractivity contribution < 1.29 is 27.4 Å². The van der Waals surface area contributed by atoms with Crippen molar-refractivity contribution in [2.75, 3.05) is 17.2 Å². The lowest BCUT2D eigenvalue weighted by Crippen LogP contribution is -2.34. The molecule has 2 aromatic heterocycles. The number of aromatic nitrogens is 2. The summed E-state index contributed by atoms with van der Waals surface area (Å²) >= 11 is 3.29. The van der Waals surface area contributed by atoms with Crippen molar-refractivity contribution in [2.45, 2.75) is 31.2 Å². The van der Waals surface area contributed by atoms with Gasteiger partial charge >= 0.3 is 5.97 Å². The number of aromatic carboxylic acids is 1. The maximum atomic E-state index is 11.4. The zero-order valence-electron chi connectivity index (χ0n) is 22.9. The Balaban J connectivity index is 1.53. The van der Waals surface area contributed by atoms with Crippen LogP contribution in [0.25, 0.3) is 21.9 Å². The third kappa shape index (κ3) is 6.99. The van der Waals surface area contributed by atoms with Gasteiger partial charge < -0.3 is 10.0 Å². The molecular formula is C31H30N3O5S3+. The van der Waals surface area contributed by atoms with Gasteiger partial charge in [0.05, 0.1) is 27.7 Å². The van der Waals surface area contributed by atoms with Crippen molar-refractivity contribution in [3.8, 4) is 0 Å². The minimum Gasteiger partial charge on any atom is -0.478 e. The molecule has 216 valence electrons. The molecule has 4 aromatic rings. The molecule has 0 aliphatic carbocycles. The summed E-state index contributed by atoms with van der Waals surface area (Å²) in [7, 11) is -4.06. The second-order valence-electron chi connectivity index (χ2n) is 9.62. The fourth-order valence-electron chi connectivity index (χ4n) is 4.68. The Bertz CT molecular complexity index is 1810. The molecule has 11 heteroatoms. The summed E-state index contributed by atoms with van der Waals surface area (Å²) in [5, 5.41) is 11.4. The molecular weight excluding hydrogens is 591 g/mol. The van der Waals surface area contributed by atoms with Gasteiger partial charge in [0.2, 0.25) is 5.52 Å². The second-order valence-corrected chi connectivity index (χ2v) is 13.3. The van der Waals surface area contributed by atoms with Crippen LogP contribution in [-0.2, 0) is 16.7 Å². The molecule has 0 spiro atoms. The molecule has 3 heterocycles. The highest BCUT2D eigenvalue weighted by Gasteiger charge is 2.24. The van der Waals surface area contributed by atoms with Crippen LogP contribution >= 0.6 is 23.1 Å². The van der Waals surface area contributed by atoms with Gasteiger partial charge in [-0.15, -0.1) is 0 Å². The summed E-state index contributed by atoms with van der Waals surface area (Å²) in [5.41, 5.74) is 3.67. The predicted octanol–water partition coefficient (Wildman–Crippen LogP) is 6.52. The zero-order valence-corrected chi connectivity index (χ0v) is 25.3. The van der Waals surface area contributed by atoms with E-state index in [2.05, 4.69) is 34.7 Å². The lowest BCUT2D eigenvalue weighted by Gasteiger charge is -2.20. The third-order valence-corrected chi connectivity index (χ3v) is 9.69. The number of thioether (sulfide) groups is 1. The van der Waals surface area contributed by atoms with Crippen molar-refractivity contribution in [3.05, 3.63) is 106 Å². The lowest BCUT2D eigenvalue weighted by atomic mass is 10.1. The van der Waals surface area contributed by atoms with E-state index in [1.54, 1.807) is 29.2 Å². The molecule has 0 unspecified atom stereocenters. The number of aryl methyl sites for hydroxylation is 1. The highest BCUT2D eigenvalue weighted by atomic mass is 32.2. The number of carbonyl (C=O) groups is 1. The van der Waals surface area contributed by atoms with Crippen molar-refractivity contribution in [2.24, 2.45) is 0 Å². The Kier molecular flexibility index (Phi) is 9.22. The first-order valence-corrected chi connectivity index (χ1v) is 16.7. The fraction of sp³-hybridized carbons (Fsp3) is 0.194. The average molecular weight is 621 g/mol. The first-order chi connectivity index (χ1) is 20.2. The van der Waals surface area contributed by atoms with Crippen molar-refractivity contribution in [3.63, 3.8) is 0 Å². The summed E-state index contributed by atoms with van der Waals surface area (Å²) in [6.07, 6.45) is 10.6. The van der Waals surface area contributed by atoms with Gasteiger partial charge in [0.15, 0.2) is 0 Å². The number of thiazole rings is 1. The summed E-state index contributed by atoms with van der Waals surface area (Å²) in [6, 6.07) is 19.4. The van der Waals surface area contributed by atoms with E-state index in [0.717, 1.165) is 39.2 Å². The Morgan fingerprint density at radius 3 is 2.62 bits per heavy atom. The first kappa shape index (κ1) is 29.7. The van der Waals surface area contributed by atoms with E-state index in [-0.39, 0.29) is 17.7 Å². The predicted molar refractivity (Wildman–Crippen MR) is 169 cm³/mol. The van der Waals surface area contributed by atoms with Crippen LogP contribution in [-0.4, -0.2) is 41.3 Å². The molecule has 8 nitrogen and oxygen atoms in total. The van der Waals surface area contributed by atoms with E-state index in [1.165, 1.54) is 22.5 Å². The number of rotatable bonds is 11. The standard InChI is InChI=1S/C31H29N3O5S3/c1-2-18-33-25-8-3-5-10-27(25)40-29(33)16-13-22(24-15-12-23(21-32-24)31(35)36)14-17-30-34(19-7-20-42(37,38)39)26-9-4-6-11-28(26)41-30/h3-6,8-17,21H,2,7,18-20H2,1H3,(H-,35,36,37,38,39)/p+1. The van der Waals surface area contributed by atoms with Crippen LogP contribution in [0.4, 0.5) is 5.69 Å². The molecule has 0 saturated carbocycles. The Morgan fingerprint density at radius 1 is 1.10 bits per heavy atom. The topological polar surface area (TPSA) is 112 Å². The van der Waals surface area contributed by atoms with Crippen LogP contribution in [0.5, 0.6) is 0 Å². The number of para-hydroxylation sites is 2. The van der Waals surface area contributed by atoms with Gasteiger partial charge in [0.1, 0.15) is 11.2 Å². The number of allylic oxidation sites excluding steroid dienone is 4. The third-order valence-electron chi connectivity index (χ3n) is 6.62. The number of carboxylic acids is 1. The number of benzene rings is 2. The van der Waals surface area contributed by atoms with Crippen LogP contribution in [0.1, 0.15) is 40.8 Å². The van der Waals surface area contributed by atoms with Gasteiger partial charge in [-0.05, 0) is 48.9 Å². The molecule has 0 amide bonds. The fourth-order valence-corrected chi connectivity index (χ4v) is 7.36. The summed E-state index contributed by atoms with van der Waals surface area (Å²) in [6.45, 7) is 3.45. The minimum atomic E-state index is -4.06. The molecule has 1 aliphatic rings. The molecule has 0 radical (unpaired) electrons. The van der Waals surface area contributed by atoms with Crippen molar-refractivity contribution in [1.82, 2.24) is 4.98 Å². The molecule has 2 aromatic carbocycles. The summed E-state index contributed by atoms with van der Waals surface area (Å²) < 4.78 is 35.4. The SMILES string of the molecule is CCC[n+]1c(/C=C/C(=C/C=C2\Sc3ccccc3N2CCCS(=O)(=O)O)c2ccc(C(=O)O)cn2)sc2ccccc21. The van der Waals surface area contributed by atoms with Gasteiger partial charge in [-0.25, -0.2) is 4.79 Å². The van der Waals surface area contributed by atoms with Gasteiger partial charge in [0, 0.05) is 41.8 Å². The van der Waals surface area contributed by atoms with Crippen LogP contribution in [0.2, 0.25) is 0 Å². The van der Waals surface area contributed by atoms with Crippen LogP contribution in [0.3, 0.4) is 0 Å². The molecule has 2 N–H and O–H groups in total. The number of anilines is 1. The number of pyridine rings is 1. The van der Waals surface area contributed by atoms with Crippen molar-refractivity contribution >= 4 is 66.7 Å². The average Bonchev–Trinajstić information content (AvgIpc) is 3.50. The monoisotopic (exact) mass is 620 g/mol. The first-order valence-electron chi connectivity index (χ1n) is 13.4. The highest BCUT2D eigenvalue weighted by molar-refractivity contribution is 8.03. The van der Waals surface area contributed by atoms with E-state index < -0.39 is 16.1 Å². The van der Waals surface area contributed by atoms with E-state index in [0.29, 0.717) is 12.2 Å². The molecule has 0 fully saturated rings. The molecule has 5 rings (SSSR count). The Morgan fingerprint density at radius 2 is 1.88 bits per heavy atom. The normalized spacial score (nSPS) is 14.8. The maximum absolute atomic E-state index is 11.4. The quantitative estimate of drug-likeness (QED) is 0.111. The van der Waals surface area contributed by atoms with Gasteiger partial charge in [-0.2, -0.15) is 13.0 Å². The van der Waals surface area contributed by atoms with E-state index in [1.807, 2.05) is 59.5 Å². The largest absolute Gasteiger partial charge is 0.478 e. The number of hydrogen-bond donors (Lipinski definition) is 2. The Labute approximate surface area is 253 Å². The summed E-state index contributed by atoms with van der Waals surface area (Å²) in [5.74, 6) is -1.36. The van der Waals surface area contributed by atoms with Crippen LogP contribution in [0.15, 0.2) is 95.0 Å². The number of fused-ring (bicyclic) bond motifs is 2. The minimum absolute atomic E-state index is 0.109. The maximum Gasteiger partial charge on any atom is 0.337 e. The number of nitrogens with zero attached hydrogens (tertiary/aromatic N) is 3. The van der Waals surface area contributed by atoms with Gasteiger partial charge in [0.25, 0.3) is 15.1 Å². The molecule has 0 bridgehead atoms. The highest BCUT2D eigenvalue weighted by Crippen LogP contribution is 2.46. The van der Waals surface area contributed by atoms with E-state index in [4.69, 9.17) is 0 Å². The van der Waals surface area contributed by atoms with Crippen LogP contribution < -0.4 is 9.47 Å². The zero-order chi connectivity index (χ0) is 29.7. The molecule has 0 atom stereocenters. The molecule has 0 saturated heterocycles. The number of carboxylic acid groups (broad SMARTS) is 1. The number of hydrogen-bond acceptors (Lipinski definition) is 7. The smallest absolute Gasteiger partial charge is 0.337 e. The van der Waals surface area contributed by atoms with Gasteiger partial charge in [-0.3, -0.25) is 9.54 Å². The lowest BCUT2D eigenvalue weighted by molar-refractivity contribution is -0.668.